The number of ether oxygens (including phenoxy) is 2. The molecule has 1 fully saturated rings. The van der Waals surface area contributed by atoms with Gasteiger partial charge in [0.05, 0.1) is 11.1 Å². The number of rotatable bonds is 4. The summed E-state index contributed by atoms with van der Waals surface area (Å²) in [7, 11) is 1.67. The molecule has 4 nitrogen and oxygen atoms in total. The second kappa shape index (κ2) is 6.66. The zero-order valence-corrected chi connectivity index (χ0v) is 12.6. The van der Waals surface area contributed by atoms with Crippen molar-refractivity contribution < 1.29 is 19.4 Å². The van der Waals surface area contributed by atoms with Crippen LogP contribution in [0.25, 0.3) is 0 Å². The lowest BCUT2D eigenvalue weighted by atomic mass is 9.95. The van der Waals surface area contributed by atoms with Crippen LogP contribution in [0.5, 0.6) is 5.75 Å². The second-order valence-corrected chi connectivity index (χ2v) is 5.68. The van der Waals surface area contributed by atoms with E-state index < -0.39 is 5.97 Å². The van der Waals surface area contributed by atoms with Gasteiger partial charge in [0.1, 0.15) is 11.7 Å². The van der Waals surface area contributed by atoms with Gasteiger partial charge in [0.2, 0.25) is 0 Å². The number of benzene rings is 1. The predicted molar refractivity (Wildman–Crippen MR) is 77.1 cm³/mol. The molecule has 1 N–H and O–H groups in total. The molecule has 20 heavy (non-hydrogen) atoms. The molecule has 0 aliphatic heterocycles. The van der Waals surface area contributed by atoms with E-state index in [-0.39, 0.29) is 33.6 Å². The molecule has 0 spiro atoms. The molecule has 0 aromatic heterocycles. The standard InChI is InChI=1S/C14H16Cl2O4/c1-19-9-3-2-4-10(7-9)20-13-11(14(17)18)5-8(15)6-12(13)16/h5-6,9-10H,2-4,7H2,1H3,(H,17,18). The zero-order chi connectivity index (χ0) is 14.7. The first-order valence-corrected chi connectivity index (χ1v) is 7.18. The maximum Gasteiger partial charge on any atom is 0.339 e. The third kappa shape index (κ3) is 3.57. The Labute approximate surface area is 127 Å². The topological polar surface area (TPSA) is 55.8 Å². The monoisotopic (exact) mass is 318 g/mol. The fraction of sp³-hybridized carbons (Fsp3) is 0.500. The summed E-state index contributed by atoms with van der Waals surface area (Å²) in [6.45, 7) is 0. The summed E-state index contributed by atoms with van der Waals surface area (Å²) in [5.41, 5.74) is -0.0120. The van der Waals surface area contributed by atoms with Crippen molar-refractivity contribution in [2.24, 2.45) is 0 Å². The number of methoxy groups -OCH3 is 1. The number of hydrogen-bond donors (Lipinski definition) is 1. The summed E-state index contributed by atoms with van der Waals surface area (Å²) in [5, 5.41) is 9.71. The molecular formula is C14H16Cl2O4. The summed E-state index contributed by atoms with van der Waals surface area (Å²) in [6.07, 6.45) is 3.62. The number of carboxylic acids is 1. The number of carboxylic acid groups (broad SMARTS) is 1. The van der Waals surface area contributed by atoms with Crippen molar-refractivity contribution in [1.29, 1.82) is 0 Å². The van der Waals surface area contributed by atoms with Crippen molar-refractivity contribution in [3.63, 3.8) is 0 Å². The first kappa shape index (κ1) is 15.4. The van der Waals surface area contributed by atoms with E-state index in [9.17, 15) is 9.90 Å². The van der Waals surface area contributed by atoms with E-state index in [0.29, 0.717) is 0 Å². The Hall–Kier alpha value is -0.970. The van der Waals surface area contributed by atoms with Crippen molar-refractivity contribution >= 4 is 29.2 Å². The molecule has 0 heterocycles. The van der Waals surface area contributed by atoms with E-state index in [4.69, 9.17) is 32.7 Å². The smallest absolute Gasteiger partial charge is 0.339 e. The summed E-state index contributed by atoms with van der Waals surface area (Å²) in [6, 6.07) is 2.84. The summed E-state index contributed by atoms with van der Waals surface area (Å²) in [4.78, 5) is 11.3. The first-order chi connectivity index (χ1) is 9.51. The van der Waals surface area contributed by atoms with Crippen LogP contribution in [0.1, 0.15) is 36.0 Å². The molecule has 110 valence electrons. The molecule has 2 rings (SSSR count). The summed E-state index contributed by atoms with van der Waals surface area (Å²) in [5.74, 6) is -0.922. The lowest BCUT2D eigenvalue weighted by Crippen LogP contribution is -2.30. The molecule has 2 atom stereocenters. The first-order valence-electron chi connectivity index (χ1n) is 6.43. The Balaban J connectivity index is 2.22. The fourth-order valence-corrected chi connectivity index (χ4v) is 2.97. The molecule has 6 heteroatoms. The van der Waals surface area contributed by atoms with Gasteiger partial charge in [-0.3, -0.25) is 0 Å². The van der Waals surface area contributed by atoms with Crippen LogP contribution in [0.4, 0.5) is 0 Å². The molecule has 0 bridgehead atoms. The van der Waals surface area contributed by atoms with E-state index in [1.54, 1.807) is 7.11 Å². The number of carbonyl (C=O) groups is 1. The molecule has 1 aliphatic rings. The highest BCUT2D eigenvalue weighted by molar-refractivity contribution is 6.36. The highest BCUT2D eigenvalue weighted by atomic mass is 35.5. The minimum atomic E-state index is -1.11. The van der Waals surface area contributed by atoms with Crippen LogP contribution in [-0.4, -0.2) is 30.4 Å². The van der Waals surface area contributed by atoms with E-state index in [1.165, 1.54) is 12.1 Å². The average Bonchev–Trinajstić information content (AvgIpc) is 2.41. The highest BCUT2D eigenvalue weighted by Crippen LogP contribution is 2.35. The van der Waals surface area contributed by atoms with Crippen LogP contribution in [-0.2, 0) is 4.74 Å². The lowest BCUT2D eigenvalue weighted by molar-refractivity contribution is 0.0205. The molecule has 1 aromatic carbocycles. The maximum absolute atomic E-state index is 11.3. The van der Waals surface area contributed by atoms with Gasteiger partial charge in [-0.2, -0.15) is 0 Å². The van der Waals surface area contributed by atoms with E-state index in [1.807, 2.05) is 0 Å². The van der Waals surface area contributed by atoms with E-state index in [2.05, 4.69) is 0 Å². The second-order valence-electron chi connectivity index (χ2n) is 4.83. The summed E-state index contributed by atoms with van der Waals surface area (Å²) < 4.78 is 11.1. The molecule has 0 saturated heterocycles. The normalized spacial score (nSPS) is 22.6. The van der Waals surface area contributed by atoms with Crippen LogP contribution < -0.4 is 4.74 Å². The maximum atomic E-state index is 11.3. The fourth-order valence-electron chi connectivity index (χ4n) is 2.43. The van der Waals surface area contributed by atoms with Gasteiger partial charge < -0.3 is 14.6 Å². The van der Waals surface area contributed by atoms with Crippen molar-refractivity contribution in [1.82, 2.24) is 0 Å². The largest absolute Gasteiger partial charge is 0.488 e. The molecule has 0 radical (unpaired) electrons. The zero-order valence-electron chi connectivity index (χ0n) is 11.1. The lowest BCUT2D eigenvalue weighted by Gasteiger charge is -2.29. The Morgan fingerprint density at radius 3 is 2.65 bits per heavy atom. The Morgan fingerprint density at radius 2 is 2.00 bits per heavy atom. The molecule has 1 saturated carbocycles. The van der Waals surface area contributed by atoms with Gasteiger partial charge in [0.25, 0.3) is 0 Å². The number of hydrogen-bond acceptors (Lipinski definition) is 3. The van der Waals surface area contributed by atoms with Crippen molar-refractivity contribution in [3.05, 3.63) is 27.7 Å². The highest BCUT2D eigenvalue weighted by Gasteiger charge is 2.26. The molecule has 1 aliphatic carbocycles. The van der Waals surface area contributed by atoms with Gasteiger partial charge in [0.15, 0.2) is 5.75 Å². The van der Waals surface area contributed by atoms with Crippen LogP contribution in [0.15, 0.2) is 12.1 Å². The van der Waals surface area contributed by atoms with Crippen molar-refractivity contribution in [2.45, 2.75) is 37.9 Å². The quantitative estimate of drug-likeness (QED) is 0.910. The Bertz CT molecular complexity index is 504. The molecular weight excluding hydrogens is 303 g/mol. The minimum Gasteiger partial charge on any atom is -0.488 e. The summed E-state index contributed by atoms with van der Waals surface area (Å²) >= 11 is 11.9. The van der Waals surface area contributed by atoms with Crippen LogP contribution in [0.3, 0.4) is 0 Å². The van der Waals surface area contributed by atoms with Gasteiger partial charge >= 0.3 is 5.97 Å². The number of halogens is 2. The Kier molecular flexibility index (Phi) is 5.13. The van der Waals surface area contributed by atoms with Gasteiger partial charge in [-0.05, 0) is 31.4 Å². The van der Waals surface area contributed by atoms with Crippen LogP contribution >= 0.6 is 23.2 Å². The van der Waals surface area contributed by atoms with Crippen LogP contribution in [0, 0.1) is 0 Å². The van der Waals surface area contributed by atoms with Gasteiger partial charge in [-0.25, -0.2) is 4.79 Å². The number of aromatic carboxylic acids is 1. The Morgan fingerprint density at radius 1 is 1.30 bits per heavy atom. The van der Waals surface area contributed by atoms with Crippen LogP contribution in [0.2, 0.25) is 10.0 Å². The van der Waals surface area contributed by atoms with Crippen molar-refractivity contribution in [3.8, 4) is 5.75 Å². The van der Waals surface area contributed by atoms with E-state index >= 15 is 0 Å². The molecule has 0 amide bonds. The van der Waals surface area contributed by atoms with Gasteiger partial charge in [-0.15, -0.1) is 0 Å². The average molecular weight is 319 g/mol. The van der Waals surface area contributed by atoms with E-state index in [0.717, 1.165) is 25.7 Å². The molecule has 1 aromatic rings. The van der Waals surface area contributed by atoms with Gasteiger partial charge in [-0.1, -0.05) is 23.2 Å². The molecule has 2 unspecified atom stereocenters. The predicted octanol–water partition coefficient (Wildman–Crippen LogP) is 4.03. The van der Waals surface area contributed by atoms with Crippen molar-refractivity contribution in [2.75, 3.05) is 7.11 Å². The van der Waals surface area contributed by atoms with Gasteiger partial charge in [0, 0.05) is 18.6 Å². The SMILES string of the molecule is COC1CCCC(Oc2c(Cl)cc(Cl)cc2C(=O)O)C1. The third-order valence-corrected chi connectivity index (χ3v) is 3.93. The third-order valence-electron chi connectivity index (χ3n) is 3.43. The minimum absolute atomic E-state index is 0.0120.